The van der Waals surface area contributed by atoms with Gasteiger partial charge in [-0.05, 0) is 77.0 Å². The second-order valence-electron chi connectivity index (χ2n) is 24.7. The first-order valence-electron chi connectivity index (χ1n) is 35.8. The Bertz CT molecular complexity index is 1090. The molecule has 0 aliphatic carbocycles. The van der Waals surface area contributed by atoms with Gasteiger partial charge in [0.25, 0.3) is 0 Å². The maximum Gasteiger partial charge on any atom is 0.229 e. The van der Waals surface area contributed by atoms with Crippen molar-refractivity contribution in [1.82, 2.24) is 4.90 Å². The molecule has 0 aliphatic rings. The topological polar surface area (TPSA) is 37.4 Å². The molecule has 3 nitrogen and oxygen atoms in total. The minimum absolute atomic E-state index is 0.0875. The fraction of sp³-hybridized carbons (Fsp3) is 0.918. The van der Waals surface area contributed by atoms with Crippen molar-refractivity contribution < 1.29 is 9.59 Å². The molecule has 76 heavy (non-hydrogen) atoms. The fourth-order valence-electron chi connectivity index (χ4n) is 11.7. The molecule has 0 unspecified atom stereocenters. The summed E-state index contributed by atoms with van der Waals surface area (Å²) in [6, 6.07) is 0.0875. The smallest absolute Gasteiger partial charge is 0.229 e. The number of amides is 2. The lowest BCUT2D eigenvalue weighted by Crippen LogP contribution is -2.44. The second kappa shape index (κ2) is 66.1. The molecular weight excluding hydrogens is 923 g/mol. The van der Waals surface area contributed by atoms with E-state index in [9.17, 15) is 9.59 Å². The monoisotopic (exact) mass is 1060 g/mol. The normalized spacial score (nSPS) is 11.9. The van der Waals surface area contributed by atoms with Gasteiger partial charge in [-0.2, -0.15) is 0 Å². The predicted molar refractivity (Wildman–Crippen MR) is 343 cm³/mol. The number of imide groups is 1. The highest BCUT2D eigenvalue weighted by Gasteiger charge is 2.28. The van der Waals surface area contributed by atoms with Crippen LogP contribution in [0.4, 0.5) is 0 Å². The summed E-state index contributed by atoms with van der Waals surface area (Å²) in [6.45, 7) is 9.20. The van der Waals surface area contributed by atoms with Gasteiger partial charge in [0.1, 0.15) is 0 Å². The van der Waals surface area contributed by atoms with Gasteiger partial charge in [-0.15, -0.1) is 0 Å². The highest BCUT2D eigenvalue weighted by Crippen LogP contribution is 2.24. The molecule has 0 saturated carbocycles. The first kappa shape index (κ1) is 74.6. The summed E-state index contributed by atoms with van der Waals surface area (Å²) in [7, 11) is 0. The van der Waals surface area contributed by atoms with Crippen LogP contribution in [-0.4, -0.2) is 22.8 Å². The van der Waals surface area contributed by atoms with E-state index in [1.807, 2.05) is 4.90 Å². The Morgan fingerprint density at radius 2 is 0.408 bits per heavy atom. The van der Waals surface area contributed by atoms with Gasteiger partial charge < -0.3 is 0 Å². The number of hydrogen-bond acceptors (Lipinski definition) is 2. The predicted octanol–water partition coefficient (Wildman–Crippen LogP) is 26.1. The summed E-state index contributed by atoms with van der Waals surface area (Å²) in [4.78, 5) is 30.6. The Morgan fingerprint density at radius 1 is 0.237 bits per heavy atom. The van der Waals surface area contributed by atoms with E-state index in [0.29, 0.717) is 12.8 Å². The number of allylic oxidation sites excluding steroid dienone is 4. The molecule has 0 radical (unpaired) electrons. The van der Waals surface area contributed by atoms with Gasteiger partial charge >= 0.3 is 0 Å². The summed E-state index contributed by atoms with van der Waals surface area (Å²) in [6.07, 6.45) is 89.5. The van der Waals surface area contributed by atoms with Gasteiger partial charge in [-0.3, -0.25) is 14.5 Å². The van der Waals surface area contributed by atoms with Crippen LogP contribution in [0.15, 0.2) is 24.3 Å². The molecule has 0 heterocycles. The molecule has 0 aromatic heterocycles. The first-order chi connectivity index (χ1) is 37.6. The SMILES string of the molecule is CCCCCCCCC=CCCCCCCCC(=O)N(C(=O)CCCCCCCC=CCCCCCCCC)C(CCCCCCCCCCCCCCCCCC)CCCCCCCCCCCCCCCCCC. The summed E-state index contributed by atoms with van der Waals surface area (Å²) in [5.74, 6) is 0.293. The number of carbonyl (C=O) groups excluding carboxylic acids is 2. The quantitative estimate of drug-likeness (QED) is 0.0450. The summed E-state index contributed by atoms with van der Waals surface area (Å²) in [5, 5.41) is 0. The van der Waals surface area contributed by atoms with Crippen LogP contribution in [-0.2, 0) is 9.59 Å². The summed E-state index contributed by atoms with van der Waals surface area (Å²) in [5.41, 5.74) is 0. The van der Waals surface area contributed by atoms with Crippen LogP contribution in [0.1, 0.15) is 426 Å². The minimum Gasteiger partial charge on any atom is -0.280 e. The molecule has 2 amide bonds. The highest BCUT2D eigenvalue weighted by atomic mass is 16.2. The van der Waals surface area contributed by atoms with Crippen LogP contribution >= 0.6 is 0 Å². The average molecular weight is 1060 g/mol. The molecular formula is C73H141NO2. The van der Waals surface area contributed by atoms with Crippen LogP contribution < -0.4 is 0 Å². The van der Waals surface area contributed by atoms with Gasteiger partial charge in [0.15, 0.2) is 0 Å². The van der Waals surface area contributed by atoms with E-state index in [4.69, 9.17) is 0 Å². The Balaban J connectivity index is 5.23. The van der Waals surface area contributed by atoms with E-state index in [0.717, 1.165) is 51.4 Å². The van der Waals surface area contributed by atoms with Crippen LogP contribution in [0.25, 0.3) is 0 Å². The van der Waals surface area contributed by atoms with Crippen molar-refractivity contribution in [2.45, 2.75) is 432 Å². The third kappa shape index (κ3) is 57.3. The maximum atomic E-state index is 14.4. The molecule has 0 aromatic rings. The Hall–Kier alpha value is -1.38. The molecule has 3 heteroatoms. The fourth-order valence-corrected chi connectivity index (χ4v) is 11.7. The van der Waals surface area contributed by atoms with Gasteiger partial charge in [-0.1, -0.05) is 360 Å². The lowest BCUT2D eigenvalue weighted by Gasteiger charge is -2.31. The molecule has 0 fully saturated rings. The van der Waals surface area contributed by atoms with Gasteiger partial charge in [0.2, 0.25) is 11.8 Å². The third-order valence-corrected chi connectivity index (χ3v) is 17.0. The number of hydrogen-bond donors (Lipinski definition) is 0. The zero-order valence-electron chi connectivity index (χ0n) is 53.0. The van der Waals surface area contributed by atoms with E-state index in [1.54, 1.807) is 0 Å². The van der Waals surface area contributed by atoms with Crippen molar-refractivity contribution in [2.75, 3.05) is 0 Å². The van der Waals surface area contributed by atoms with E-state index in [2.05, 4.69) is 52.0 Å². The van der Waals surface area contributed by atoms with Crippen molar-refractivity contribution in [1.29, 1.82) is 0 Å². The zero-order valence-corrected chi connectivity index (χ0v) is 53.0. The molecule has 0 N–H and O–H groups in total. The Kier molecular flexibility index (Phi) is 64.9. The Morgan fingerprint density at radius 3 is 0.618 bits per heavy atom. The van der Waals surface area contributed by atoms with E-state index >= 15 is 0 Å². The van der Waals surface area contributed by atoms with E-state index in [-0.39, 0.29) is 17.9 Å². The van der Waals surface area contributed by atoms with Gasteiger partial charge in [0.05, 0.1) is 0 Å². The molecule has 0 bridgehead atoms. The molecule has 0 atom stereocenters. The van der Waals surface area contributed by atoms with E-state index < -0.39 is 0 Å². The number of rotatable bonds is 65. The summed E-state index contributed by atoms with van der Waals surface area (Å²) < 4.78 is 0. The van der Waals surface area contributed by atoms with Crippen molar-refractivity contribution in [2.24, 2.45) is 0 Å². The molecule has 0 spiro atoms. The van der Waals surface area contributed by atoms with Crippen LogP contribution in [0, 0.1) is 0 Å². The zero-order chi connectivity index (χ0) is 55.0. The van der Waals surface area contributed by atoms with Crippen molar-refractivity contribution in [3.63, 3.8) is 0 Å². The minimum atomic E-state index is 0.0875. The largest absolute Gasteiger partial charge is 0.280 e. The third-order valence-electron chi connectivity index (χ3n) is 17.0. The van der Waals surface area contributed by atoms with Crippen LogP contribution in [0.3, 0.4) is 0 Å². The lowest BCUT2D eigenvalue weighted by molar-refractivity contribution is -0.148. The van der Waals surface area contributed by atoms with Gasteiger partial charge in [-0.25, -0.2) is 0 Å². The van der Waals surface area contributed by atoms with Crippen molar-refractivity contribution in [3.8, 4) is 0 Å². The maximum absolute atomic E-state index is 14.4. The first-order valence-corrected chi connectivity index (χ1v) is 35.8. The number of unbranched alkanes of at least 4 members (excludes halogenated alkanes) is 52. The molecule has 450 valence electrons. The Labute approximate surface area is 480 Å². The molecule has 0 saturated heterocycles. The highest BCUT2D eigenvalue weighted by molar-refractivity contribution is 5.95. The number of carbonyl (C=O) groups is 2. The second-order valence-corrected chi connectivity index (χ2v) is 24.7. The van der Waals surface area contributed by atoms with Crippen LogP contribution in [0.2, 0.25) is 0 Å². The summed E-state index contributed by atoms with van der Waals surface area (Å²) >= 11 is 0. The molecule has 0 aliphatic heterocycles. The standard InChI is InChI=1S/C73H141NO2/c1-5-9-13-17-21-25-29-33-37-41-43-47-51-55-59-63-67-71(68-64-60-56-52-48-44-42-38-34-30-26-22-18-14-10-6-2)74(72(75)69-65-61-57-53-49-45-39-35-31-27-23-19-15-11-7-3)73(76)70-66-62-58-54-50-46-40-36-32-28-24-20-16-12-8-4/h35-36,39-40,71H,5-34,37-38,41-70H2,1-4H3. The van der Waals surface area contributed by atoms with E-state index in [1.165, 1.54) is 334 Å². The molecule has 0 rings (SSSR count). The van der Waals surface area contributed by atoms with Gasteiger partial charge in [0, 0.05) is 18.9 Å². The number of nitrogens with zero attached hydrogens (tertiary/aromatic N) is 1. The van der Waals surface area contributed by atoms with Crippen molar-refractivity contribution >= 4 is 11.8 Å². The average Bonchev–Trinajstić information content (AvgIpc) is 3.42. The lowest BCUT2D eigenvalue weighted by atomic mass is 9.97. The van der Waals surface area contributed by atoms with Crippen LogP contribution in [0.5, 0.6) is 0 Å². The van der Waals surface area contributed by atoms with Crippen molar-refractivity contribution in [3.05, 3.63) is 24.3 Å². The molecule has 0 aromatic carbocycles.